The average molecular weight is 242 g/mol. The smallest absolute Gasteiger partial charge is 0.315 e. The fraction of sp³-hybridized carbons (Fsp3) is 0.800. The minimum atomic E-state index is 0.101. The monoisotopic (exact) mass is 242 g/mol. The molecule has 2 unspecified atom stereocenters. The minimum Gasteiger partial charge on any atom is -0.406 e. The van der Waals surface area contributed by atoms with E-state index in [0.717, 1.165) is 5.75 Å². The first kappa shape index (κ1) is 11.7. The number of nitrogens with zero attached hydrogens (tertiary/aromatic N) is 2. The molecular weight excluding hydrogens is 224 g/mol. The van der Waals surface area contributed by atoms with Gasteiger partial charge in [-0.1, -0.05) is 5.10 Å². The summed E-state index contributed by atoms with van der Waals surface area (Å²) in [5.74, 6) is 3.03. The number of thioether (sulfide) groups is 1. The van der Waals surface area contributed by atoms with E-state index in [1.807, 2.05) is 25.7 Å². The van der Waals surface area contributed by atoms with Crippen LogP contribution >= 0.6 is 11.8 Å². The van der Waals surface area contributed by atoms with Gasteiger partial charge >= 0.3 is 6.01 Å². The maximum absolute atomic E-state index is 5.53. The van der Waals surface area contributed by atoms with Crippen LogP contribution in [-0.4, -0.2) is 34.8 Å². The van der Waals surface area contributed by atoms with Gasteiger partial charge in [0, 0.05) is 11.8 Å². The van der Waals surface area contributed by atoms with Gasteiger partial charge in [-0.15, -0.1) is 5.10 Å². The van der Waals surface area contributed by atoms with Gasteiger partial charge < -0.3 is 15.1 Å². The Morgan fingerprint density at radius 3 is 3.06 bits per heavy atom. The van der Waals surface area contributed by atoms with Crippen LogP contribution in [0, 0.1) is 0 Å². The van der Waals surface area contributed by atoms with Gasteiger partial charge in [0.05, 0.1) is 6.04 Å². The van der Waals surface area contributed by atoms with E-state index >= 15 is 0 Å². The normalized spacial score (nSPS) is 23.0. The standard InChI is InChI=1S/C10H18N4OS/c1-7(11-2)9-13-14-10(15-9)12-8-4-3-5-16-6-8/h7-8,11H,3-6H2,1-2H3,(H,12,14). The number of aromatic nitrogens is 2. The van der Waals surface area contributed by atoms with E-state index in [-0.39, 0.29) is 6.04 Å². The third-order valence-electron chi connectivity index (χ3n) is 2.73. The topological polar surface area (TPSA) is 63.0 Å². The quantitative estimate of drug-likeness (QED) is 0.837. The summed E-state index contributed by atoms with van der Waals surface area (Å²) in [5.41, 5.74) is 0. The molecule has 6 heteroatoms. The molecule has 0 saturated carbocycles. The van der Waals surface area contributed by atoms with Crippen molar-refractivity contribution in [3.63, 3.8) is 0 Å². The molecule has 0 aliphatic carbocycles. The maximum Gasteiger partial charge on any atom is 0.315 e. The molecule has 1 aliphatic heterocycles. The molecule has 2 heterocycles. The highest BCUT2D eigenvalue weighted by atomic mass is 32.2. The summed E-state index contributed by atoms with van der Waals surface area (Å²) in [4.78, 5) is 0. The van der Waals surface area contributed by atoms with E-state index in [1.54, 1.807) is 0 Å². The molecule has 1 aromatic rings. The third-order valence-corrected chi connectivity index (χ3v) is 3.95. The zero-order valence-corrected chi connectivity index (χ0v) is 10.5. The molecule has 0 aromatic carbocycles. The van der Waals surface area contributed by atoms with E-state index in [1.165, 1.54) is 18.6 Å². The van der Waals surface area contributed by atoms with Crippen LogP contribution in [0.2, 0.25) is 0 Å². The molecule has 0 spiro atoms. The molecule has 0 bridgehead atoms. The first-order valence-electron chi connectivity index (χ1n) is 5.64. The van der Waals surface area contributed by atoms with Gasteiger partial charge in [-0.3, -0.25) is 0 Å². The largest absolute Gasteiger partial charge is 0.406 e. The van der Waals surface area contributed by atoms with Crippen molar-refractivity contribution in [1.29, 1.82) is 0 Å². The first-order valence-corrected chi connectivity index (χ1v) is 6.80. The van der Waals surface area contributed by atoms with Crippen LogP contribution in [-0.2, 0) is 0 Å². The second kappa shape index (κ2) is 5.54. The molecule has 5 nitrogen and oxygen atoms in total. The van der Waals surface area contributed by atoms with Crippen molar-refractivity contribution in [3.8, 4) is 0 Å². The minimum absolute atomic E-state index is 0.101. The summed E-state index contributed by atoms with van der Waals surface area (Å²) in [6, 6.07) is 1.12. The van der Waals surface area contributed by atoms with Crippen LogP contribution in [0.4, 0.5) is 6.01 Å². The Kier molecular flexibility index (Phi) is 4.06. The Morgan fingerprint density at radius 1 is 1.50 bits per heavy atom. The Labute approximate surface area is 99.8 Å². The summed E-state index contributed by atoms with van der Waals surface area (Å²) in [7, 11) is 1.87. The molecule has 0 radical (unpaired) electrons. The van der Waals surface area contributed by atoms with Crippen LogP contribution in [0.5, 0.6) is 0 Å². The van der Waals surface area contributed by atoms with E-state index in [9.17, 15) is 0 Å². The van der Waals surface area contributed by atoms with Crippen molar-refractivity contribution in [2.45, 2.75) is 31.8 Å². The van der Waals surface area contributed by atoms with Crippen molar-refractivity contribution in [1.82, 2.24) is 15.5 Å². The lowest BCUT2D eigenvalue weighted by molar-refractivity contribution is 0.438. The summed E-state index contributed by atoms with van der Waals surface area (Å²) in [6.07, 6.45) is 2.45. The lowest BCUT2D eigenvalue weighted by Gasteiger charge is -2.21. The Morgan fingerprint density at radius 2 is 2.38 bits per heavy atom. The second-order valence-electron chi connectivity index (χ2n) is 4.01. The Bertz CT molecular complexity index is 324. The summed E-state index contributed by atoms with van der Waals surface area (Å²) < 4.78 is 5.53. The zero-order valence-electron chi connectivity index (χ0n) is 9.69. The lowest BCUT2D eigenvalue weighted by atomic mass is 10.2. The van der Waals surface area contributed by atoms with Crippen molar-refractivity contribution in [2.75, 3.05) is 23.9 Å². The molecule has 2 atom stereocenters. The third kappa shape index (κ3) is 2.89. The predicted octanol–water partition coefficient (Wildman–Crippen LogP) is 1.66. The number of rotatable bonds is 4. The van der Waals surface area contributed by atoms with Gasteiger partial charge in [-0.25, -0.2) is 0 Å². The molecule has 1 aliphatic rings. The van der Waals surface area contributed by atoms with E-state index < -0.39 is 0 Å². The highest BCUT2D eigenvalue weighted by Gasteiger charge is 2.17. The average Bonchev–Trinajstić information content (AvgIpc) is 2.78. The second-order valence-corrected chi connectivity index (χ2v) is 5.16. The molecule has 0 amide bonds. The summed E-state index contributed by atoms with van der Waals surface area (Å²) >= 11 is 1.98. The molecule has 1 saturated heterocycles. The van der Waals surface area contributed by atoms with Gasteiger partial charge in [0.1, 0.15) is 0 Å². The van der Waals surface area contributed by atoms with Crippen molar-refractivity contribution < 1.29 is 4.42 Å². The lowest BCUT2D eigenvalue weighted by Crippen LogP contribution is -2.25. The van der Waals surface area contributed by atoms with Gasteiger partial charge in [-0.05, 0) is 32.6 Å². The fourth-order valence-electron chi connectivity index (χ4n) is 1.62. The van der Waals surface area contributed by atoms with Gasteiger partial charge in [0.15, 0.2) is 0 Å². The highest BCUT2D eigenvalue weighted by molar-refractivity contribution is 7.99. The molecule has 1 aromatic heterocycles. The summed E-state index contributed by atoms with van der Waals surface area (Å²) in [5, 5.41) is 14.4. The number of anilines is 1. The SMILES string of the molecule is CNC(C)c1nnc(NC2CCCSC2)o1. The maximum atomic E-state index is 5.53. The Hall–Kier alpha value is -0.750. The van der Waals surface area contributed by atoms with Crippen LogP contribution < -0.4 is 10.6 Å². The van der Waals surface area contributed by atoms with E-state index in [0.29, 0.717) is 17.9 Å². The predicted molar refractivity (Wildman–Crippen MR) is 65.7 cm³/mol. The van der Waals surface area contributed by atoms with Crippen molar-refractivity contribution in [3.05, 3.63) is 5.89 Å². The van der Waals surface area contributed by atoms with Gasteiger partial charge in [0.25, 0.3) is 0 Å². The highest BCUT2D eigenvalue weighted by Crippen LogP contribution is 2.21. The van der Waals surface area contributed by atoms with Crippen molar-refractivity contribution >= 4 is 17.8 Å². The number of nitrogens with one attached hydrogen (secondary N) is 2. The van der Waals surface area contributed by atoms with Crippen molar-refractivity contribution in [2.24, 2.45) is 0 Å². The number of hydrogen-bond donors (Lipinski definition) is 2. The van der Waals surface area contributed by atoms with Crippen LogP contribution in [0.15, 0.2) is 4.42 Å². The molecule has 1 fully saturated rings. The van der Waals surface area contributed by atoms with Crippen LogP contribution in [0.3, 0.4) is 0 Å². The van der Waals surface area contributed by atoms with Gasteiger partial charge in [0.2, 0.25) is 5.89 Å². The molecule has 2 N–H and O–H groups in total. The molecule has 2 rings (SSSR count). The van der Waals surface area contributed by atoms with E-state index in [4.69, 9.17) is 4.42 Å². The summed E-state index contributed by atoms with van der Waals surface area (Å²) in [6.45, 7) is 1.99. The number of hydrogen-bond acceptors (Lipinski definition) is 6. The fourth-order valence-corrected chi connectivity index (χ4v) is 2.69. The Balaban J connectivity index is 1.91. The molecular formula is C10H18N4OS. The van der Waals surface area contributed by atoms with Crippen LogP contribution in [0.25, 0.3) is 0 Å². The van der Waals surface area contributed by atoms with E-state index in [2.05, 4.69) is 20.8 Å². The van der Waals surface area contributed by atoms with Gasteiger partial charge in [-0.2, -0.15) is 11.8 Å². The molecule has 16 heavy (non-hydrogen) atoms. The van der Waals surface area contributed by atoms with Crippen LogP contribution in [0.1, 0.15) is 31.7 Å². The first-order chi connectivity index (χ1) is 7.79. The molecule has 90 valence electrons. The zero-order chi connectivity index (χ0) is 11.4.